The van der Waals surface area contributed by atoms with Crippen molar-refractivity contribution in [1.29, 1.82) is 0 Å². The first-order chi connectivity index (χ1) is 12.1. The Labute approximate surface area is 150 Å². The molecule has 7 heteroatoms. The number of ether oxygens (including phenoxy) is 3. The van der Waals surface area contributed by atoms with Crippen LogP contribution in [0.15, 0.2) is 47.6 Å². The molecule has 1 aliphatic rings. The first-order valence-electron chi connectivity index (χ1n) is 7.73. The van der Waals surface area contributed by atoms with Crippen molar-refractivity contribution in [2.24, 2.45) is 5.10 Å². The molecule has 0 aromatic heterocycles. The molecule has 2 aromatic rings. The number of benzene rings is 2. The quantitative estimate of drug-likeness (QED) is 0.657. The Balaban J connectivity index is 1.56. The van der Waals surface area contributed by atoms with Crippen molar-refractivity contribution in [1.82, 2.24) is 5.43 Å². The third kappa shape index (κ3) is 4.64. The van der Waals surface area contributed by atoms with Crippen molar-refractivity contribution in [3.8, 4) is 17.2 Å². The van der Waals surface area contributed by atoms with E-state index in [4.69, 9.17) is 25.8 Å². The molecule has 0 saturated carbocycles. The molecule has 1 aliphatic heterocycles. The van der Waals surface area contributed by atoms with Gasteiger partial charge in [-0.1, -0.05) is 17.7 Å². The number of carbonyl (C=O) groups is 1. The van der Waals surface area contributed by atoms with Gasteiger partial charge < -0.3 is 14.2 Å². The van der Waals surface area contributed by atoms with Gasteiger partial charge in [0.1, 0.15) is 19.0 Å². The molecule has 1 heterocycles. The minimum absolute atomic E-state index is 0.155. The van der Waals surface area contributed by atoms with Gasteiger partial charge in [0.25, 0.3) is 5.91 Å². The molecule has 2 aromatic carbocycles. The molecule has 1 amide bonds. The molecule has 1 N–H and O–H groups in total. The number of nitrogens with zero attached hydrogens (tertiary/aromatic N) is 1. The second kappa shape index (κ2) is 7.90. The van der Waals surface area contributed by atoms with Crippen molar-refractivity contribution in [3.63, 3.8) is 0 Å². The molecule has 3 rings (SSSR count). The molecule has 0 atom stereocenters. The summed E-state index contributed by atoms with van der Waals surface area (Å²) < 4.78 is 16.4. The predicted octanol–water partition coefficient (Wildman–Crippen LogP) is 3.03. The molecule has 0 spiro atoms. The fraction of sp³-hybridized carbons (Fsp3) is 0.222. The number of hydrazone groups is 1. The van der Waals surface area contributed by atoms with Crippen LogP contribution in [0.5, 0.6) is 17.2 Å². The maximum absolute atomic E-state index is 11.8. The standard InChI is InChI=1S/C18H17ClN2O4/c1-12(13-5-6-16-17(9-13)24-8-7-23-16)20-21-18(22)11-25-15-4-2-3-14(19)10-15/h2-6,9-10H,7-8,11H2,1H3,(H,21,22). The molecule has 0 aliphatic carbocycles. The Bertz CT molecular complexity index is 807. The van der Waals surface area contributed by atoms with Crippen molar-refractivity contribution in [2.75, 3.05) is 19.8 Å². The minimum Gasteiger partial charge on any atom is -0.486 e. The van der Waals surface area contributed by atoms with E-state index in [9.17, 15) is 4.79 Å². The van der Waals surface area contributed by atoms with Gasteiger partial charge in [0.15, 0.2) is 18.1 Å². The Hall–Kier alpha value is -2.73. The van der Waals surface area contributed by atoms with Crippen LogP contribution in [0, 0.1) is 0 Å². The largest absolute Gasteiger partial charge is 0.486 e. The predicted molar refractivity (Wildman–Crippen MR) is 94.7 cm³/mol. The van der Waals surface area contributed by atoms with E-state index in [-0.39, 0.29) is 12.5 Å². The number of fused-ring (bicyclic) bond motifs is 1. The Morgan fingerprint density at radius 2 is 2.00 bits per heavy atom. The molecule has 0 radical (unpaired) electrons. The topological polar surface area (TPSA) is 69.2 Å². The Morgan fingerprint density at radius 3 is 2.80 bits per heavy atom. The number of rotatable bonds is 5. The van der Waals surface area contributed by atoms with E-state index in [1.165, 1.54) is 0 Å². The summed E-state index contributed by atoms with van der Waals surface area (Å²) in [6, 6.07) is 12.4. The van der Waals surface area contributed by atoms with E-state index in [1.807, 2.05) is 18.2 Å². The van der Waals surface area contributed by atoms with Crippen molar-refractivity contribution in [2.45, 2.75) is 6.92 Å². The number of amides is 1. The van der Waals surface area contributed by atoms with Crippen molar-refractivity contribution in [3.05, 3.63) is 53.1 Å². The second-order valence-corrected chi connectivity index (χ2v) is 5.77. The van der Waals surface area contributed by atoms with Gasteiger partial charge in [0.05, 0.1) is 5.71 Å². The van der Waals surface area contributed by atoms with Crippen LogP contribution in [-0.4, -0.2) is 31.4 Å². The lowest BCUT2D eigenvalue weighted by Gasteiger charge is -2.18. The summed E-state index contributed by atoms with van der Waals surface area (Å²) in [4.78, 5) is 11.8. The lowest BCUT2D eigenvalue weighted by Crippen LogP contribution is -2.25. The van der Waals surface area contributed by atoms with Crippen LogP contribution < -0.4 is 19.6 Å². The van der Waals surface area contributed by atoms with Crippen LogP contribution in [0.4, 0.5) is 0 Å². The third-order valence-corrected chi connectivity index (χ3v) is 3.71. The summed E-state index contributed by atoms with van der Waals surface area (Å²) in [5, 5.41) is 4.63. The van der Waals surface area contributed by atoms with Crippen molar-refractivity contribution >= 4 is 23.2 Å². The summed E-state index contributed by atoms with van der Waals surface area (Å²) >= 11 is 5.86. The molecular weight excluding hydrogens is 344 g/mol. The van der Waals surface area contributed by atoms with Gasteiger partial charge in [-0.3, -0.25) is 4.79 Å². The third-order valence-electron chi connectivity index (χ3n) is 3.47. The number of hydrogen-bond donors (Lipinski definition) is 1. The highest BCUT2D eigenvalue weighted by Gasteiger charge is 2.12. The molecule has 0 saturated heterocycles. The fourth-order valence-corrected chi connectivity index (χ4v) is 2.40. The highest BCUT2D eigenvalue weighted by molar-refractivity contribution is 6.30. The molecule has 6 nitrogen and oxygen atoms in total. The van der Waals surface area contributed by atoms with Gasteiger partial charge in [-0.15, -0.1) is 0 Å². The maximum Gasteiger partial charge on any atom is 0.277 e. The van der Waals surface area contributed by atoms with Gasteiger partial charge in [-0.2, -0.15) is 5.10 Å². The average Bonchev–Trinajstić information content (AvgIpc) is 2.64. The van der Waals surface area contributed by atoms with Crippen LogP contribution in [0.3, 0.4) is 0 Å². The zero-order valence-corrected chi connectivity index (χ0v) is 14.4. The zero-order chi connectivity index (χ0) is 17.6. The normalized spacial score (nSPS) is 13.3. The first-order valence-corrected chi connectivity index (χ1v) is 8.11. The number of hydrogen-bond acceptors (Lipinski definition) is 5. The van der Waals surface area contributed by atoms with E-state index < -0.39 is 0 Å². The maximum atomic E-state index is 11.8. The summed E-state index contributed by atoms with van der Waals surface area (Å²) in [6.45, 7) is 2.70. The monoisotopic (exact) mass is 360 g/mol. The van der Waals surface area contributed by atoms with Crippen LogP contribution in [-0.2, 0) is 4.79 Å². The smallest absolute Gasteiger partial charge is 0.277 e. The van der Waals surface area contributed by atoms with Crippen LogP contribution >= 0.6 is 11.6 Å². The first kappa shape index (κ1) is 17.1. The second-order valence-electron chi connectivity index (χ2n) is 5.34. The number of carbonyl (C=O) groups excluding carboxylic acids is 1. The zero-order valence-electron chi connectivity index (χ0n) is 13.6. The molecule has 0 unspecified atom stereocenters. The highest BCUT2D eigenvalue weighted by Crippen LogP contribution is 2.30. The van der Waals surface area contributed by atoms with E-state index in [2.05, 4.69) is 10.5 Å². The highest BCUT2D eigenvalue weighted by atomic mass is 35.5. The van der Waals surface area contributed by atoms with Crippen LogP contribution in [0.2, 0.25) is 5.02 Å². The number of nitrogens with one attached hydrogen (secondary N) is 1. The van der Waals surface area contributed by atoms with Gasteiger partial charge >= 0.3 is 0 Å². The van der Waals surface area contributed by atoms with Gasteiger partial charge in [0, 0.05) is 10.6 Å². The lowest BCUT2D eigenvalue weighted by atomic mass is 10.1. The van der Waals surface area contributed by atoms with Gasteiger partial charge in [-0.05, 0) is 43.3 Å². The number of halogens is 1. The fourth-order valence-electron chi connectivity index (χ4n) is 2.22. The molecule has 0 bridgehead atoms. The summed E-state index contributed by atoms with van der Waals surface area (Å²) in [5.74, 6) is 1.54. The average molecular weight is 361 g/mol. The van der Waals surface area contributed by atoms with Gasteiger partial charge in [0.2, 0.25) is 0 Å². The van der Waals surface area contributed by atoms with E-state index >= 15 is 0 Å². The van der Waals surface area contributed by atoms with Crippen LogP contribution in [0.25, 0.3) is 0 Å². The SMILES string of the molecule is CC(=NNC(=O)COc1cccc(Cl)c1)c1ccc2c(c1)OCCO2. The van der Waals surface area contributed by atoms with E-state index in [1.54, 1.807) is 31.2 Å². The summed E-state index contributed by atoms with van der Waals surface area (Å²) in [7, 11) is 0. The molecule has 0 fully saturated rings. The Morgan fingerprint density at radius 1 is 1.20 bits per heavy atom. The van der Waals surface area contributed by atoms with E-state index in [0.717, 1.165) is 5.56 Å². The van der Waals surface area contributed by atoms with Crippen molar-refractivity contribution < 1.29 is 19.0 Å². The summed E-state index contributed by atoms with van der Waals surface area (Å²) in [5.41, 5.74) is 3.94. The van der Waals surface area contributed by atoms with E-state index in [0.29, 0.717) is 41.2 Å². The minimum atomic E-state index is -0.364. The van der Waals surface area contributed by atoms with Crippen LogP contribution in [0.1, 0.15) is 12.5 Å². The summed E-state index contributed by atoms with van der Waals surface area (Å²) in [6.07, 6.45) is 0. The Kier molecular flexibility index (Phi) is 5.40. The molecular formula is C18H17ClN2O4. The molecule has 130 valence electrons. The van der Waals surface area contributed by atoms with Gasteiger partial charge in [-0.25, -0.2) is 5.43 Å². The molecule has 25 heavy (non-hydrogen) atoms. The lowest BCUT2D eigenvalue weighted by molar-refractivity contribution is -0.123.